The fraction of sp³-hybridized carbons (Fsp3) is 0.130. The maximum atomic E-state index is 12.8. The predicted octanol–water partition coefficient (Wildman–Crippen LogP) is 4.29. The Kier molecular flexibility index (Phi) is 6.26. The number of para-hydroxylation sites is 1. The van der Waals surface area contributed by atoms with Crippen LogP contribution < -0.4 is 5.32 Å². The van der Waals surface area contributed by atoms with Crippen molar-refractivity contribution in [3.63, 3.8) is 0 Å². The number of nitrogens with zero attached hydrogens (tertiary/aromatic N) is 2. The third-order valence-corrected chi connectivity index (χ3v) is 6.28. The molecular weight excluding hydrogens is 466 g/mol. The molecule has 0 aliphatic carbocycles. The maximum absolute atomic E-state index is 12.8. The summed E-state index contributed by atoms with van der Waals surface area (Å²) in [5, 5.41) is 3.15. The van der Waals surface area contributed by atoms with Gasteiger partial charge >= 0.3 is 5.97 Å². The summed E-state index contributed by atoms with van der Waals surface area (Å²) >= 11 is 6.77. The van der Waals surface area contributed by atoms with E-state index in [9.17, 15) is 19.2 Å². The number of thioether (sulfide) groups is 1. The van der Waals surface area contributed by atoms with Gasteiger partial charge < -0.3 is 14.6 Å². The molecule has 0 bridgehead atoms. The fourth-order valence-electron chi connectivity index (χ4n) is 3.48. The summed E-state index contributed by atoms with van der Waals surface area (Å²) in [4.78, 5) is 50.7. The molecule has 3 aromatic rings. The van der Waals surface area contributed by atoms with Crippen LogP contribution in [0.5, 0.6) is 0 Å². The highest BCUT2D eigenvalue weighted by Crippen LogP contribution is 2.34. The summed E-state index contributed by atoms with van der Waals surface area (Å²) < 4.78 is 6.60. The minimum Gasteiger partial charge on any atom is -0.465 e. The molecule has 4 rings (SSSR count). The number of anilines is 1. The number of amides is 3. The van der Waals surface area contributed by atoms with Crippen LogP contribution in [-0.2, 0) is 21.4 Å². The molecule has 1 aliphatic heterocycles. The molecule has 1 N–H and O–H groups in total. The first-order valence-corrected chi connectivity index (χ1v) is 10.9. The highest BCUT2D eigenvalue weighted by atomic mass is 35.5. The number of hydrogen-bond donors (Lipinski definition) is 1. The second-order valence-corrected chi connectivity index (χ2v) is 8.62. The Labute approximate surface area is 198 Å². The van der Waals surface area contributed by atoms with E-state index < -0.39 is 29.6 Å². The van der Waals surface area contributed by atoms with Gasteiger partial charge in [0.2, 0.25) is 5.91 Å². The van der Waals surface area contributed by atoms with Crippen molar-refractivity contribution >= 4 is 69.1 Å². The van der Waals surface area contributed by atoms with Crippen LogP contribution in [0.25, 0.3) is 17.0 Å². The van der Waals surface area contributed by atoms with Crippen LogP contribution in [0, 0.1) is 0 Å². The largest absolute Gasteiger partial charge is 0.465 e. The van der Waals surface area contributed by atoms with Crippen LogP contribution in [0.2, 0.25) is 5.02 Å². The normalized spacial score (nSPS) is 14.9. The van der Waals surface area contributed by atoms with Crippen molar-refractivity contribution in [2.75, 3.05) is 19.0 Å². The predicted molar refractivity (Wildman–Crippen MR) is 127 cm³/mol. The van der Waals surface area contributed by atoms with E-state index in [0.29, 0.717) is 0 Å². The summed E-state index contributed by atoms with van der Waals surface area (Å²) in [6.45, 7) is -0.465. The molecule has 2 heterocycles. The molecule has 1 aliphatic rings. The molecule has 0 radical (unpaired) electrons. The lowest BCUT2D eigenvalue weighted by atomic mass is 10.1. The number of esters is 1. The number of methoxy groups -OCH3 is 1. The van der Waals surface area contributed by atoms with Gasteiger partial charge in [-0.15, -0.1) is 0 Å². The second kappa shape index (κ2) is 9.13. The Morgan fingerprint density at radius 1 is 1.18 bits per heavy atom. The van der Waals surface area contributed by atoms with Crippen molar-refractivity contribution in [1.29, 1.82) is 0 Å². The number of aryl methyl sites for hydroxylation is 1. The van der Waals surface area contributed by atoms with Gasteiger partial charge in [0.15, 0.2) is 0 Å². The number of rotatable bonds is 5. The van der Waals surface area contributed by atoms with E-state index in [4.69, 9.17) is 11.6 Å². The number of aromatic nitrogens is 1. The molecule has 2 aromatic carbocycles. The van der Waals surface area contributed by atoms with Crippen molar-refractivity contribution < 1.29 is 23.9 Å². The molecule has 0 atom stereocenters. The van der Waals surface area contributed by atoms with Gasteiger partial charge in [-0.2, -0.15) is 0 Å². The number of carbonyl (C=O) groups excluding carboxylic acids is 4. The number of carbonyl (C=O) groups is 4. The lowest BCUT2D eigenvalue weighted by Gasteiger charge is -2.13. The highest BCUT2D eigenvalue weighted by molar-refractivity contribution is 8.18. The van der Waals surface area contributed by atoms with Crippen LogP contribution in [0.3, 0.4) is 0 Å². The number of fused-ring (bicyclic) bond motifs is 1. The molecule has 1 fully saturated rings. The van der Waals surface area contributed by atoms with E-state index in [1.165, 1.54) is 25.3 Å². The Bertz CT molecular complexity index is 1350. The third kappa shape index (κ3) is 4.50. The monoisotopic (exact) mass is 483 g/mol. The zero-order chi connectivity index (χ0) is 23.7. The molecule has 10 heteroatoms. The van der Waals surface area contributed by atoms with Crippen LogP contribution in [-0.4, -0.2) is 46.1 Å². The summed E-state index contributed by atoms with van der Waals surface area (Å²) in [6.07, 6.45) is 3.54. The average molecular weight is 484 g/mol. The van der Waals surface area contributed by atoms with Gasteiger partial charge in [0, 0.05) is 35.4 Å². The van der Waals surface area contributed by atoms with E-state index >= 15 is 0 Å². The van der Waals surface area contributed by atoms with Crippen molar-refractivity contribution in [1.82, 2.24) is 9.47 Å². The molecule has 1 saturated heterocycles. The molecule has 3 amide bonds. The van der Waals surface area contributed by atoms with Gasteiger partial charge in [0.05, 0.1) is 22.6 Å². The lowest BCUT2D eigenvalue weighted by molar-refractivity contribution is -0.127. The van der Waals surface area contributed by atoms with Crippen molar-refractivity contribution in [3.8, 4) is 0 Å². The van der Waals surface area contributed by atoms with Gasteiger partial charge in [-0.3, -0.25) is 19.3 Å². The number of imide groups is 1. The SMILES string of the molecule is COC(=O)c1cc(NC(=O)CN2C(=O)S/C(=C/c3cn(C)c4ccccc34)C2=O)ccc1Cl. The Morgan fingerprint density at radius 2 is 1.94 bits per heavy atom. The van der Waals surface area contributed by atoms with Gasteiger partial charge in [0.25, 0.3) is 11.1 Å². The third-order valence-electron chi connectivity index (χ3n) is 5.05. The number of halogens is 1. The van der Waals surface area contributed by atoms with E-state index in [2.05, 4.69) is 10.1 Å². The van der Waals surface area contributed by atoms with Gasteiger partial charge in [-0.1, -0.05) is 29.8 Å². The van der Waals surface area contributed by atoms with Crippen molar-refractivity contribution in [3.05, 3.63) is 69.7 Å². The molecule has 33 heavy (non-hydrogen) atoms. The van der Waals surface area contributed by atoms with E-state index in [-0.39, 0.29) is 21.2 Å². The smallest absolute Gasteiger partial charge is 0.339 e. The molecule has 8 nitrogen and oxygen atoms in total. The average Bonchev–Trinajstić information content (AvgIpc) is 3.25. The van der Waals surface area contributed by atoms with E-state index in [0.717, 1.165) is 33.1 Å². The minimum absolute atomic E-state index is 0.0844. The van der Waals surface area contributed by atoms with Crippen molar-refractivity contribution in [2.45, 2.75) is 0 Å². The topological polar surface area (TPSA) is 97.7 Å². The summed E-state index contributed by atoms with van der Waals surface area (Å²) in [7, 11) is 3.12. The number of ether oxygens (including phenoxy) is 1. The van der Waals surface area contributed by atoms with E-state index in [1.807, 2.05) is 42.1 Å². The zero-order valence-corrected chi connectivity index (χ0v) is 19.2. The molecule has 0 unspecified atom stereocenters. The van der Waals surface area contributed by atoms with Gasteiger partial charge in [-0.05, 0) is 42.1 Å². The zero-order valence-electron chi connectivity index (χ0n) is 17.6. The number of nitrogens with one attached hydrogen (secondary N) is 1. The van der Waals surface area contributed by atoms with E-state index in [1.54, 1.807) is 6.08 Å². The number of hydrogen-bond acceptors (Lipinski definition) is 6. The standard InChI is InChI=1S/C23H18ClN3O5S/c1-26-11-13(15-5-3-4-6-18(15)26)9-19-21(29)27(23(31)33-19)12-20(28)25-14-7-8-17(24)16(10-14)22(30)32-2/h3-11H,12H2,1-2H3,(H,25,28)/b19-9+. The first-order valence-electron chi connectivity index (χ1n) is 9.75. The summed E-state index contributed by atoms with van der Waals surface area (Å²) in [6, 6.07) is 12.0. The number of benzene rings is 2. The first-order chi connectivity index (χ1) is 15.8. The summed E-state index contributed by atoms with van der Waals surface area (Å²) in [5.74, 6) is -1.79. The fourth-order valence-corrected chi connectivity index (χ4v) is 4.50. The molecular formula is C23H18ClN3O5S. The second-order valence-electron chi connectivity index (χ2n) is 7.21. The quantitative estimate of drug-likeness (QED) is 0.429. The van der Waals surface area contributed by atoms with Crippen LogP contribution in [0.1, 0.15) is 15.9 Å². The lowest BCUT2D eigenvalue weighted by Crippen LogP contribution is -2.36. The maximum Gasteiger partial charge on any atom is 0.339 e. The van der Waals surface area contributed by atoms with Crippen LogP contribution >= 0.6 is 23.4 Å². The highest BCUT2D eigenvalue weighted by Gasteiger charge is 2.36. The molecule has 168 valence electrons. The Balaban J connectivity index is 1.50. The minimum atomic E-state index is -0.652. The van der Waals surface area contributed by atoms with Crippen molar-refractivity contribution in [2.24, 2.45) is 7.05 Å². The van der Waals surface area contributed by atoms with Gasteiger partial charge in [0.1, 0.15) is 6.54 Å². The van der Waals surface area contributed by atoms with Crippen LogP contribution in [0.4, 0.5) is 10.5 Å². The Hall–Kier alpha value is -3.56. The summed E-state index contributed by atoms with van der Waals surface area (Å²) in [5.41, 5.74) is 2.17. The molecule has 0 spiro atoms. The van der Waals surface area contributed by atoms with Gasteiger partial charge in [-0.25, -0.2) is 4.79 Å². The van der Waals surface area contributed by atoms with Crippen LogP contribution in [0.15, 0.2) is 53.6 Å². The molecule has 1 aromatic heterocycles. The molecule has 0 saturated carbocycles. The Morgan fingerprint density at radius 3 is 2.70 bits per heavy atom. The first kappa shape index (κ1) is 22.6.